The molecule has 114 valence electrons. The molecule has 1 amide bonds. The fourth-order valence-electron chi connectivity index (χ4n) is 2.54. The largest absolute Gasteiger partial charge is 0.480 e. The quantitative estimate of drug-likeness (QED) is 0.728. The number of amides is 1. The van der Waals surface area contributed by atoms with E-state index in [4.69, 9.17) is 14.6 Å². The lowest BCUT2D eigenvalue weighted by atomic mass is 10.2. The molecule has 1 unspecified atom stereocenters. The highest BCUT2D eigenvalue weighted by Crippen LogP contribution is 2.10. The van der Waals surface area contributed by atoms with Crippen LogP contribution in [-0.2, 0) is 19.1 Å². The van der Waals surface area contributed by atoms with Gasteiger partial charge in [-0.15, -0.1) is 0 Å². The summed E-state index contributed by atoms with van der Waals surface area (Å²) in [7, 11) is 0. The normalized spacial score (nSPS) is 24.6. The van der Waals surface area contributed by atoms with E-state index in [1.54, 1.807) is 0 Å². The minimum atomic E-state index is -0.857. The number of ether oxygens (including phenoxy) is 2. The van der Waals surface area contributed by atoms with Crippen LogP contribution in [0, 0.1) is 0 Å². The molecule has 0 spiro atoms. The van der Waals surface area contributed by atoms with Crippen LogP contribution < -0.4 is 0 Å². The number of rotatable bonds is 5. The van der Waals surface area contributed by atoms with Gasteiger partial charge in [0.15, 0.2) is 0 Å². The van der Waals surface area contributed by atoms with Gasteiger partial charge in [-0.1, -0.05) is 0 Å². The van der Waals surface area contributed by atoms with E-state index in [1.165, 1.54) is 0 Å². The summed E-state index contributed by atoms with van der Waals surface area (Å²) >= 11 is 0. The number of morpholine rings is 2. The number of carboxylic acid groups (broad SMARTS) is 1. The van der Waals surface area contributed by atoms with Crippen molar-refractivity contribution in [2.24, 2.45) is 0 Å². The lowest BCUT2D eigenvalue weighted by Gasteiger charge is -2.33. The summed E-state index contributed by atoms with van der Waals surface area (Å²) in [5.74, 6) is -0.724. The zero-order chi connectivity index (χ0) is 14.4. The van der Waals surface area contributed by atoms with Crippen LogP contribution in [0.2, 0.25) is 0 Å². The summed E-state index contributed by atoms with van der Waals surface area (Å²) < 4.78 is 10.4. The maximum atomic E-state index is 12.0. The number of hydrogen-bond acceptors (Lipinski definition) is 5. The van der Waals surface area contributed by atoms with Crippen LogP contribution in [0.3, 0.4) is 0 Å². The van der Waals surface area contributed by atoms with E-state index in [0.29, 0.717) is 58.8 Å². The molecule has 7 heteroatoms. The maximum absolute atomic E-state index is 12.0. The van der Waals surface area contributed by atoms with Gasteiger partial charge in [0.1, 0.15) is 6.04 Å². The highest BCUT2D eigenvalue weighted by molar-refractivity contribution is 5.76. The number of carbonyl (C=O) groups is 2. The SMILES string of the molecule is O=C(O)C1COCCN1CCCC(=O)N1CCOCC1. The van der Waals surface area contributed by atoms with Gasteiger partial charge in [0.05, 0.1) is 26.4 Å². The molecule has 2 heterocycles. The van der Waals surface area contributed by atoms with Crippen LogP contribution in [0.4, 0.5) is 0 Å². The van der Waals surface area contributed by atoms with Crippen LogP contribution in [0.1, 0.15) is 12.8 Å². The first-order chi connectivity index (χ1) is 9.68. The third-order valence-electron chi connectivity index (χ3n) is 3.72. The molecule has 1 atom stereocenters. The topological polar surface area (TPSA) is 79.3 Å². The molecule has 0 aromatic heterocycles. The Bertz CT molecular complexity index is 344. The summed E-state index contributed by atoms with van der Waals surface area (Å²) in [6.45, 7) is 4.56. The van der Waals surface area contributed by atoms with Gasteiger partial charge in [-0.25, -0.2) is 0 Å². The molecule has 7 nitrogen and oxygen atoms in total. The van der Waals surface area contributed by atoms with Gasteiger partial charge in [-0.05, 0) is 13.0 Å². The molecule has 0 aromatic rings. The van der Waals surface area contributed by atoms with Crippen molar-refractivity contribution in [1.82, 2.24) is 9.80 Å². The standard InChI is InChI=1S/C13H22N2O5/c16-12(15-5-7-19-8-6-15)2-1-3-14-4-9-20-10-11(14)13(17)18/h11H,1-10H2,(H,17,18). The molecule has 2 fully saturated rings. The third kappa shape index (κ3) is 4.16. The lowest BCUT2D eigenvalue weighted by Crippen LogP contribution is -2.50. The first-order valence-corrected chi connectivity index (χ1v) is 7.08. The monoisotopic (exact) mass is 286 g/mol. The van der Waals surface area contributed by atoms with Gasteiger partial charge in [-0.2, -0.15) is 0 Å². The Morgan fingerprint density at radius 3 is 2.50 bits per heavy atom. The van der Waals surface area contributed by atoms with E-state index in [9.17, 15) is 9.59 Å². The summed E-state index contributed by atoms with van der Waals surface area (Å²) in [5.41, 5.74) is 0. The smallest absolute Gasteiger partial charge is 0.323 e. The molecule has 0 radical (unpaired) electrons. The molecule has 1 N–H and O–H groups in total. The van der Waals surface area contributed by atoms with E-state index < -0.39 is 12.0 Å². The van der Waals surface area contributed by atoms with E-state index in [0.717, 1.165) is 0 Å². The van der Waals surface area contributed by atoms with Crippen molar-refractivity contribution in [3.8, 4) is 0 Å². The van der Waals surface area contributed by atoms with Gasteiger partial charge in [0.25, 0.3) is 0 Å². The molecule has 2 aliphatic rings. The highest BCUT2D eigenvalue weighted by atomic mass is 16.5. The summed E-state index contributed by atoms with van der Waals surface area (Å²) in [6, 6.07) is -0.581. The van der Waals surface area contributed by atoms with Gasteiger partial charge >= 0.3 is 5.97 Å². The predicted molar refractivity (Wildman–Crippen MR) is 70.4 cm³/mol. The molecule has 20 heavy (non-hydrogen) atoms. The first kappa shape index (κ1) is 15.2. The number of hydrogen-bond donors (Lipinski definition) is 1. The number of carboxylic acids is 1. The van der Waals surface area contributed by atoms with Crippen molar-refractivity contribution in [1.29, 1.82) is 0 Å². The second-order valence-electron chi connectivity index (χ2n) is 5.06. The van der Waals surface area contributed by atoms with Gasteiger partial charge in [0, 0.05) is 26.1 Å². The molecule has 2 rings (SSSR count). The van der Waals surface area contributed by atoms with Crippen molar-refractivity contribution in [3.63, 3.8) is 0 Å². The van der Waals surface area contributed by atoms with Crippen LogP contribution in [0.25, 0.3) is 0 Å². The Morgan fingerprint density at radius 1 is 1.10 bits per heavy atom. The second kappa shape index (κ2) is 7.56. The number of carbonyl (C=O) groups excluding carboxylic acids is 1. The van der Waals surface area contributed by atoms with E-state index in [-0.39, 0.29) is 12.5 Å². The molecular formula is C13H22N2O5. The minimum Gasteiger partial charge on any atom is -0.480 e. The Hall–Kier alpha value is -1.18. The molecule has 2 saturated heterocycles. The summed E-state index contributed by atoms with van der Waals surface area (Å²) in [4.78, 5) is 26.8. The highest BCUT2D eigenvalue weighted by Gasteiger charge is 2.28. The Morgan fingerprint density at radius 2 is 1.80 bits per heavy atom. The van der Waals surface area contributed by atoms with Crippen molar-refractivity contribution in [2.75, 3.05) is 52.6 Å². The van der Waals surface area contributed by atoms with Crippen LogP contribution in [-0.4, -0.2) is 85.4 Å². The predicted octanol–water partition coefficient (Wildman–Crippen LogP) is -0.589. The van der Waals surface area contributed by atoms with Crippen molar-refractivity contribution in [3.05, 3.63) is 0 Å². The maximum Gasteiger partial charge on any atom is 0.323 e. The average Bonchev–Trinajstić information content (AvgIpc) is 2.48. The Labute approximate surface area is 118 Å². The van der Waals surface area contributed by atoms with Gasteiger partial charge in [0.2, 0.25) is 5.91 Å². The Balaban J connectivity index is 1.71. The average molecular weight is 286 g/mol. The van der Waals surface area contributed by atoms with Crippen molar-refractivity contribution < 1.29 is 24.2 Å². The van der Waals surface area contributed by atoms with Crippen LogP contribution in [0.5, 0.6) is 0 Å². The molecule has 2 aliphatic heterocycles. The zero-order valence-corrected chi connectivity index (χ0v) is 11.6. The second-order valence-corrected chi connectivity index (χ2v) is 5.06. The fourth-order valence-corrected chi connectivity index (χ4v) is 2.54. The molecule has 0 aromatic carbocycles. The summed E-state index contributed by atoms with van der Waals surface area (Å²) in [5, 5.41) is 9.11. The lowest BCUT2D eigenvalue weighted by molar-refractivity contribution is -0.149. The summed E-state index contributed by atoms with van der Waals surface area (Å²) in [6.07, 6.45) is 1.14. The van der Waals surface area contributed by atoms with Crippen molar-refractivity contribution >= 4 is 11.9 Å². The third-order valence-corrected chi connectivity index (χ3v) is 3.72. The zero-order valence-electron chi connectivity index (χ0n) is 11.6. The first-order valence-electron chi connectivity index (χ1n) is 7.08. The van der Waals surface area contributed by atoms with E-state index in [1.807, 2.05) is 9.80 Å². The molecule has 0 aliphatic carbocycles. The van der Waals surface area contributed by atoms with Gasteiger partial charge < -0.3 is 19.5 Å². The van der Waals surface area contributed by atoms with Crippen LogP contribution >= 0.6 is 0 Å². The fraction of sp³-hybridized carbons (Fsp3) is 0.846. The number of nitrogens with zero attached hydrogens (tertiary/aromatic N) is 2. The van der Waals surface area contributed by atoms with Crippen LogP contribution in [0.15, 0.2) is 0 Å². The molecule has 0 bridgehead atoms. The Kier molecular flexibility index (Phi) is 5.75. The van der Waals surface area contributed by atoms with E-state index in [2.05, 4.69) is 0 Å². The molecule has 0 saturated carbocycles. The van der Waals surface area contributed by atoms with E-state index >= 15 is 0 Å². The van der Waals surface area contributed by atoms with Gasteiger partial charge in [-0.3, -0.25) is 14.5 Å². The molecular weight excluding hydrogens is 264 g/mol. The minimum absolute atomic E-state index is 0.133. The van der Waals surface area contributed by atoms with Crippen molar-refractivity contribution in [2.45, 2.75) is 18.9 Å². The number of aliphatic carboxylic acids is 1.